The van der Waals surface area contributed by atoms with Crippen molar-refractivity contribution in [3.8, 4) is 5.75 Å². The Morgan fingerprint density at radius 3 is 2.94 bits per heavy atom. The van der Waals surface area contributed by atoms with Gasteiger partial charge >= 0.3 is 6.03 Å². The van der Waals surface area contributed by atoms with Crippen molar-refractivity contribution in [2.45, 2.75) is 18.5 Å². The van der Waals surface area contributed by atoms with Crippen LogP contribution in [0.1, 0.15) is 6.42 Å². The first-order valence-electron chi connectivity index (χ1n) is 5.16. The van der Waals surface area contributed by atoms with Crippen molar-refractivity contribution in [1.82, 2.24) is 5.32 Å². The summed E-state index contributed by atoms with van der Waals surface area (Å²) in [5, 5.41) is 5.50. The van der Waals surface area contributed by atoms with Crippen LogP contribution >= 0.6 is 0 Å². The van der Waals surface area contributed by atoms with Gasteiger partial charge in [0.15, 0.2) is 0 Å². The van der Waals surface area contributed by atoms with Crippen molar-refractivity contribution in [3.63, 3.8) is 0 Å². The molecule has 5 nitrogen and oxygen atoms in total. The van der Waals surface area contributed by atoms with E-state index in [1.54, 1.807) is 19.2 Å². The van der Waals surface area contributed by atoms with Gasteiger partial charge in [-0.2, -0.15) is 0 Å². The maximum absolute atomic E-state index is 11.5. The quantitative estimate of drug-likeness (QED) is 0.710. The lowest BCUT2D eigenvalue weighted by Crippen LogP contribution is -2.33. The third-order valence-electron chi connectivity index (χ3n) is 2.48. The summed E-state index contributed by atoms with van der Waals surface area (Å²) >= 11 is 0. The Balaban J connectivity index is 1.89. The van der Waals surface area contributed by atoms with E-state index in [0.717, 1.165) is 6.42 Å². The van der Waals surface area contributed by atoms with E-state index in [4.69, 9.17) is 10.5 Å². The Bertz CT molecular complexity index is 395. The molecule has 0 bridgehead atoms. The van der Waals surface area contributed by atoms with Crippen LogP contribution in [-0.4, -0.2) is 25.2 Å². The molecule has 0 aliphatic heterocycles. The molecular formula is C11H15N3O2. The summed E-state index contributed by atoms with van der Waals surface area (Å²) < 4.78 is 5.06. The van der Waals surface area contributed by atoms with E-state index < -0.39 is 0 Å². The third-order valence-corrected chi connectivity index (χ3v) is 2.48. The maximum Gasteiger partial charge on any atom is 0.319 e. The molecule has 1 aliphatic rings. The number of benzene rings is 1. The lowest BCUT2D eigenvalue weighted by molar-refractivity contribution is 0.251. The van der Waals surface area contributed by atoms with Gasteiger partial charge in [-0.3, -0.25) is 0 Å². The minimum atomic E-state index is -0.230. The molecule has 0 heterocycles. The normalized spacial score (nSPS) is 22.4. The van der Waals surface area contributed by atoms with Crippen LogP contribution < -0.4 is 21.1 Å². The predicted octanol–water partition coefficient (Wildman–Crippen LogP) is 0.916. The van der Waals surface area contributed by atoms with Crippen LogP contribution in [0.3, 0.4) is 0 Å². The van der Waals surface area contributed by atoms with Crippen molar-refractivity contribution >= 4 is 11.7 Å². The van der Waals surface area contributed by atoms with Gasteiger partial charge in [0, 0.05) is 23.8 Å². The maximum atomic E-state index is 11.5. The van der Waals surface area contributed by atoms with Crippen LogP contribution in [-0.2, 0) is 0 Å². The number of methoxy groups -OCH3 is 1. The van der Waals surface area contributed by atoms with E-state index in [1.807, 2.05) is 12.1 Å². The van der Waals surface area contributed by atoms with E-state index in [-0.39, 0.29) is 18.1 Å². The molecule has 1 fully saturated rings. The van der Waals surface area contributed by atoms with Crippen LogP contribution in [0.2, 0.25) is 0 Å². The SMILES string of the molecule is COc1cccc(NC(=O)NC2CC2N)c1. The molecule has 2 amide bonds. The molecule has 0 radical (unpaired) electrons. The van der Waals surface area contributed by atoms with E-state index in [9.17, 15) is 4.79 Å². The van der Waals surface area contributed by atoms with Gasteiger partial charge in [0.1, 0.15) is 5.75 Å². The Morgan fingerprint density at radius 1 is 1.56 bits per heavy atom. The number of nitrogens with one attached hydrogen (secondary N) is 2. The zero-order valence-electron chi connectivity index (χ0n) is 9.07. The number of nitrogens with two attached hydrogens (primary N) is 1. The molecule has 1 saturated carbocycles. The van der Waals surface area contributed by atoms with Crippen LogP contribution in [0, 0.1) is 0 Å². The van der Waals surface area contributed by atoms with E-state index in [0.29, 0.717) is 11.4 Å². The third kappa shape index (κ3) is 2.64. The number of carbonyl (C=O) groups is 1. The first-order valence-corrected chi connectivity index (χ1v) is 5.16. The van der Waals surface area contributed by atoms with Crippen LogP contribution in [0.4, 0.5) is 10.5 Å². The molecule has 16 heavy (non-hydrogen) atoms. The number of rotatable bonds is 3. The van der Waals surface area contributed by atoms with Crippen LogP contribution in [0.25, 0.3) is 0 Å². The molecule has 1 aliphatic carbocycles. The second kappa shape index (κ2) is 4.40. The van der Waals surface area contributed by atoms with Crippen molar-refractivity contribution in [1.29, 1.82) is 0 Å². The fraction of sp³-hybridized carbons (Fsp3) is 0.364. The fourth-order valence-electron chi connectivity index (χ4n) is 1.42. The zero-order chi connectivity index (χ0) is 11.5. The second-order valence-electron chi connectivity index (χ2n) is 3.84. The van der Waals surface area contributed by atoms with Crippen molar-refractivity contribution in [2.24, 2.45) is 5.73 Å². The molecule has 0 aromatic heterocycles. The largest absolute Gasteiger partial charge is 0.497 e. The highest BCUT2D eigenvalue weighted by Gasteiger charge is 2.34. The Hall–Kier alpha value is -1.75. The van der Waals surface area contributed by atoms with Gasteiger partial charge in [0.2, 0.25) is 0 Å². The summed E-state index contributed by atoms with van der Waals surface area (Å²) in [6, 6.07) is 7.19. The molecule has 5 heteroatoms. The Morgan fingerprint density at radius 2 is 2.31 bits per heavy atom. The van der Waals surface area contributed by atoms with E-state index in [1.165, 1.54) is 0 Å². The van der Waals surface area contributed by atoms with Gasteiger partial charge in [-0.1, -0.05) is 6.07 Å². The molecule has 2 atom stereocenters. The van der Waals surface area contributed by atoms with Crippen molar-refractivity contribution < 1.29 is 9.53 Å². The zero-order valence-corrected chi connectivity index (χ0v) is 9.07. The standard InChI is InChI=1S/C11H15N3O2/c1-16-8-4-2-3-7(5-8)13-11(15)14-10-6-9(10)12/h2-5,9-10H,6,12H2,1H3,(H2,13,14,15). The highest BCUT2D eigenvalue weighted by Crippen LogP contribution is 2.19. The molecule has 0 spiro atoms. The molecule has 1 aromatic rings. The fourth-order valence-corrected chi connectivity index (χ4v) is 1.42. The minimum absolute atomic E-state index is 0.107. The summed E-state index contributed by atoms with van der Waals surface area (Å²) in [6.07, 6.45) is 0.853. The predicted molar refractivity (Wildman–Crippen MR) is 61.5 cm³/mol. The lowest BCUT2D eigenvalue weighted by atomic mass is 10.3. The first-order chi connectivity index (χ1) is 7.69. The number of urea groups is 1. The van der Waals surface area contributed by atoms with Crippen molar-refractivity contribution in [3.05, 3.63) is 24.3 Å². The first kappa shape index (κ1) is 10.8. The van der Waals surface area contributed by atoms with Gasteiger partial charge in [-0.25, -0.2) is 4.79 Å². The molecule has 2 rings (SSSR count). The lowest BCUT2D eigenvalue weighted by Gasteiger charge is -2.07. The monoisotopic (exact) mass is 221 g/mol. The molecule has 4 N–H and O–H groups in total. The average Bonchev–Trinajstić information content (AvgIpc) is 2.94. The number of hydrogen-bond acceptors (Lipinski definition) is 3. The highest BCUT2D eigenvalue weighted by atomic mass is 16.5. The molecule has 1 aromatic carbocycles. The minimum Gasteiger partial charge on any atom is -0.497 e. The molecule has 0 saturated heterocycles. The summed E-state index contributed by atoms with van der Waals surface area (Å²) in [5.41, 5.74) is 6.29. The van der Waals surface area contributed by atoms with Gasteiger partial charge in [-0.15, -0.1) is 0 Å². The van der Waals surface area contributed by atoms with E-state index >= 15 is 0 Å². The number of amides is 2. The summed E-state index contributed by atoms with van der Waals surface area (Å²) in [7, 11) is 1.59. The Kier molecular flexibility index (Phi) is 2.96. The Labute approximate surface area is 94.0 Å². The number of anilines is 1. The van der Waals surface area contributed by atoms with Gasteiger partial charge in [0.25, 0.3) is 0 Å². The highest BCUT2D eigenvalue weighted by molar-refractivity contribution is 5.89. The smallest absolute Gasteiger partial charge is 0.319 e. The molecule has 86 valence electrons. The van der Waals surface area contributed by atoms with Crippen LogP contribution in [0.5, 0.6) is 5.75 Å². The second-order valence-corrected chi connectivity index (χ2v) is 3.84. The number of hydrogen-bond donors (Lipinski definition) is 3. The summed E-state index contributed by atoms with van der Waals surface area (Å²) in [5.74, 6) is 0.709. The van der Waals surface area contributed by atoms with Gasteiger partial charge in [0.05, 0.1) is 7.11 Å². The van der Waals surface area contributed by atoms with Crippen LogP contribution in [0.15, 0.2) is 24.3 Å². The topological polar surface area (TPSA) is 76.4 Å². The number of ether oxygens (including phenoxy) is 1. The average molecular weight is 221 g/mol. The summed E-state index contributed by atoms with van der Waals surface area (Å²) in [4.78, 5) is 11.5. The molecule has 2 unspecified atom stereocenters. The van der Waals surface area contributed by atoms with Gasteiger partial charge in [-0.05, 0) is 18.6 Å². The summed E-state index contributed by atoms with van der Waals surface area (Å²) in [6.45, 7) is 0. The van der Waals surface area contributed by atoms with Crippen molar-refractivity contribution in [2.75, 3.05) is 12.4 Å². The van der Waals surface area contributed by atoms with Gasteiger partial charge < -0.3 is 21.1 Å². The number of carbonyl (C=O) groups excluding carboxylic acids is 1. The molecular weight excluding hydrogens is 206 g/mol. The van der Waals surface area contributed by atoms with E-state index in [2.05, 4.69) is 10.6 Å².